The van der Waals surface area contributed by atoms with Crippen molar-refractivity contribution in [2.75, 3.05) is 39.3 Å². The third-order valence-electron chi connectivity index (χ3n) is 3.58. The van der Waals surface area contributed by atoms with Gasteiger partial charge in [0.15, 0.2) is 0 Å². The summed E-state index contributed by atoms with van der Waals surface area (Å²) >= 11 is 0.954. The Labute approximate surface area is 176 Å². The molecule has 0 bridgehead atoms. The van der Waals surface area contributed by atoms with Crippen LogP contribution in [0.5, 0.6) is 5.75 Å². The van der Waals surface area contributed by atoms with Crippen LogP contribution in [0.4, 0.5) is 0 Å². The highest BCUT2D eigenvalue weighted by molar-refractivity contribution is 8.55. The molecule has 29 heavy (non-hydrogen) atoms. The molecule has 0 aliphatic heterocycles. The van der Waals surface area contributed by atoms with E-state index in [1.807, 2.05) is 12.1 Å². The van der Waals surface area contributed by atoms with E-state index in [0.29, 0.717) is 17.9 Å². The summed E-state index contributed by atoms with van der Waals surface area (Å²) in [5.74, 6) is 0.452. The second kappa shape index (κ2) is 12.7. The molecular formula is C19H31O8PS. The lowest BCUT2D eigenvalue weighted by atomic mass is 9.97. The molecule has 2 atom stereocenters. The molecule has 0 fully saturated rings. The SMILES string of the molecule is COCC(CO)OP(=O)(OCCO)SCCc1ccccc1OC(=O)C(C)(C)C. The monoisotopic (exact) mass is 450 g/mol. The molecule has 166 valence electrons. The summed E-state index contributed by atoms with van der Waals surface area (Å²) in [5.41, 5.74) is 0.145. The van der Waals surface area contributed by atoms with E-state index in [9.17, 15) is 14.5 Å². The molecule has 2 unspecified atom stereocenters. The predicted molar refractivity (Wildman–Crippen MR) is 112 cm³/mol. The maximum atomic E-state index is 13.0. The minimum atomic E-state index is -3.64. The van der Waals surface area contributed by atoms with E-state index in [4.69, 9.17) is 23.6 Å². The number of ether oxygens (including phenoxy) is 2. The molecule has 0 saturated heterocycles. The minimum Gasteiger partial charge on any atom is -0.426 e. The van der Waals surface area contributed by atoms with Gasteiger partial charge in [0.1, 0.15) is 11.9 Å². The molecule has 2 N–H and O–H groups in total. The summed E-state index contributed by atoms with van der Waals surface area (Å²) in [6.07, 6.45) is -0.362. The van der Waals surface area contributed by atoms with E-state index >= 15 is 0 Å². The maximum absolute atomic E-state index is 13.0. The number of aryl methyl sites for hydroxylation is 1. The summed E-state index contributed by atoms with van der Waals surface area (Å²) in [4.78, 5) is 12.2. The van der Waals surface area contributed by atoms with Crippen LogP contribution in [0.2, 0.25) is 0 Å². The fraction of sp³-hybridized carbons (Fsp3) is 0.632. The average molecular weight is 450 g/mol. The molecule has 1 aromatic rings. The normalized spacial score (nSPS) is 15.0. The summed E-state index contributed by atoms with van der Waals surface area (Å²) < 4.78 is 34.1. The van der Waals surface area contributed by atoms with Crippen molar-refractivity contribution in [1.29, 1.82) is 0 Å². The number of hydrogen-bond acceptors (Lipinski definition) is 9. The van der Waals surface area contributed by atoms with E-state index in [1.54, 1.807) is 32.9 Å². The zero-order valence-corrected chi connectivity index (χ0v) is 19.0. The second-order valence-electron chi connectivity index (χ2n) is 7.20. The number of aliphatic hydroxyl groups is 2. The fourth-order valence-corrected chi connectivity index (χ4v) is 5.53. The molecule has 1 aromatic carbocycles. The van der Waals surface area contributed by atoms with Crippen molar-refractivity contribution in [3.05, 3.63) is 29.8 Å². The quantitative estimate of drug-likeness (QED) is 0.266. The Morgan fingerprint density at radius 3 is 2.52 bits per heavy atom. The number of aliphatic hydroxyl groups excluding tert-OH is 2. The second-order valence-corrected chi connectivity index (χ2v) is 11.3. The average Bonchev–Trinajstić information content (AvgIpc) is 2.66. The zero-order chi connectivity index (χ0) is 21.9. The lowest BCUT2D eigenvalue weighted by Crippen LogP contribution is -2.26. The Hall–Kier alpha value is -0.930. The summed E-state index contributed by atoms with van der Waals surface area (Å²) in [5, 5.41) is 18.3. The van der Waals surface area contributed by atoms with Crippen molar-refractivity contribution < 1.29 is 38.1 Å². The lowest BCUT2D eigenvalue weighted by molar-refractivity contribution is -0.143. The van der Waals surface area contributed by atoms with Gasteiger partial charge in [0.25, 0.3) is 0 Å². The molecule has 0 spiro atoms. The number of benzene rings is 1. The van der Waals surface area contributed by atoms with Crippen LogP contribution in [0.25, 0.3) is 0 Å². The van der Waals surface area contributed by atoms with E-state index in [0.717, 1.165) is 16.9 Å². The lowest BCUT2D eigenvalue weighted by Gasteiger charge is -2.22. The van der Waals surface area contributed by atoms with Gasteiger partial charge in [-0.05, 0) is 50.2 Å². The van der Waals surface area contributed by atoms with Gasteiger partial charge in [0.2, 0.25) is 0 Å². The Bertz CT molecular complexity index is 676. The van der Waals surface area contributed by atoms with Crippen molar-refractivity contribution >= 4 is 24.1 Å². The fourth-order valence-electron chi connectivity index (χ4n) is 2.07. The van der Waals surface area contributed by atoms with Gasteiger partial charge >= 0.3 is 12.8 Å². The third kappa shape index (κ3) is 9.61. The zero-order valence-electron chi connectivity index (χ0n) is 17.3. The van der Waals surface area contributed by atoms with E-state index < -0.39 is 18.3 Å². The highest BCUT2D eigenvalue weighted by Crippen LogP contribution is 2.61. The number of carbonyl (C=O) groups is 1. The highest BCUT2D eigenvalue weighted by Gasteiger charge is 2.30. The van der Waals surface area contributed by atoms with Crippen LogP contribution in [-0.2, 0) is 29.6 Å². The molecule has 0 amide bonds. The summed E-state index contributed by atoms with van der Waals surface area (Å²) in [7, 11) is 1.44. The predicted octanol–water partition coefficient (Wildman–Crippen LogP) is 3.05. The Balaban J connectivity index is 2.79. The number of esters is 1. The largest absolute Gasteiger partial charge is 0.426 e. The first-order valence-corrected chi connectivity index (χ1v) is 12.4. The molecule has 0 radical (unpaired) electrons. The molecule has 0 aliphatic rings. The van der Waals surface area contributed by atoms with Crippen molar-refractivity contribution in [2.24, 2.45) is 5.41 Å². The standard InChI is InChI=1S/C19H31O8PS/c1-19(2,3)18(22)26-17-8-6-5-7-15(17)9-12-29-28(23,25-11-10-20)27-16(13-21)14-24-4/h5-8,16,20-21H,9-14H2,1-4H3. The molecule has 0 aliphatic carbocycles. The first kappa shape index (κ1) is 26.1. The van der Waals surface area contributed by atoms with Gasteiger partial charge < -0.3 is 19.7 Å². The molecular weight excluding hydrogens is 419 g/mol. The number of carbonyl (C=O) groups excluding carboxylic acids is 1. The van der Waals surface area contributed by atoms with E-state index in [-0.39, 0.29) is 32.4 Å². The van der Waals surface area contributed by atoms with Crippen molar-refractivity contribution in [3.63, 3.8) is 0 Å². The van der Waals surface area contributed by atoms with E-state index in [1.165, 1.54) is 7.11 Å². The first-order valence-electron chi connectivity index (χ1n) is 9.23. The summed E-state index contributed by atoms with van der Waals surface area (Å²) in [6, 6.07) is 7.14. The van der Waals surface area contributed by atoms with Gasteiger partial charge in [-0.15, -0.1) is 0 Å². The minimum absolute atomic E-state index is 0.0507. The van der Waals surface area contributed by atoms with Gasteiger partial charge in [-0.1, -0.05) is 18.2 Å². The molecule has 8 nitrogen and oxygen atoms in total. The highest BCUT2D eigenvalue weighted by atomic mass is 32.7. The maximum Gasteiger partial charge on any atom is 0.389 e. The van der Waals surface area contributed by atoms with Crippen LogP contribution >= 0.6 is 18.2 Å². The molecule has 0 saturated carbocycles. The number of hydrogen-bond donors (Lipinski definition) is 2. The van der Waals surface area contributed by atoms with Crippen LogP contribution in [0, 0.1) is 5.41 Å². The van der Waals surface area contributed by atoms with Gasteiger partial charge in [-0.2, -0.15) is 0 Å². The number of rotatable bonds is 13. The van der Waals surface area contributed by atoms with Crippen molar-refractivity contribution in [3.8, 4) is 5.75 Å². The third-order valence-corrected chi connectivity index (χ3v) is 7.41. The summed E-state index contributed by atoms with van der Waals surface area (Å²) in [6.45, 7) is 0.889. The van der Waals surface area contributed by atoms with Crippen LogP contribution in [0.15, 0.2) is 24.3 Å². The van der Waals surface area contributed by atoms with E-state index in [2.05, 4.69) is 0 Å². The van der Waals surface area contributed by atoms with Crippen molar-refractivity contribution in [1.82, 2.24) is 0 Å². The first-order chi connectivity index (χ1) is 13.6. The van der Waals surface area contributed by atoms with Crippen LogP contribution in [-0.4, -0.2) is 61.6 Å². The Morgan fingerprint density at radius 2 is 1.93 bits per heavy atom. The smallest absolute Gasteiger partial charge is 0.389 e. The molecule has 10 heteroatoms. The van der Waals surface area contributed by atoms with Gasteiger partial charge in [0.05, 0.1) is 31.8 Å². The van der Waals surface area contributed by atoms with Gasteiger partial charge in [0, 0.05) is 12.9 Å². The van der Waals surface area contributed by atoms with Crippen molar-refractivity contribution in [2.45, 2.75) is 33.3 Å². The number of para-hydroxylation sites is 1. The van der Waals surface area contributed by atoms with Crippen LogP contribution < -0.4 is 4.74 Å². The van der Waals surface area contributed by atoms with Crippen LogP contribution in [0.1, 0.15) is 26.3 Å². The molecule has 0 heterocycles. The topological polar surface area (TPSA) is 112 Å². The van der Waals surface area contributed by atoms with Gasteiger partial charge in [-0.3, -0.25) is 13.8 Å². The molecule has 1 rings (SSSR count). The Kier molecular flexibility index (Phi) is 11.4. The van der Waals surface area contributed by atoms with Gasteiger partial charge in [-0.25, -0.2) is 4.57 Å². The van der Waals surface area contributed by atoms with Crippen LogP contribution in [0.3, 0.4) is 0 Å². The Morgan fingerprint density at radius 1 is 1.24 bits per heavy atom. The number of methoxy groups -OCH3 is 1. The molecule has 0 aromatic heterocycles.